The van der Waals surface area contributed by atoms with Gasteiger partial charge in [-0.2, -0.15) is 0 Å². The third-order valence-corrected chi connectivity index (χ3v) is 5.32. The summed E-state index contributed by atoms with van der Waals surface area (Å²) in [5.74, 6) is 0. The maximum absolute atomic E-state index is 12.1. The summed E-state index contributed by atoms with van der Waals surface area (Å²) >= 11 is 0. The van der Waals surface area contributed by atoms with Crippen LogP contribution in [-0.4, -0.2) is 32.4 Å². The van der Waals surface area contributed by atoms with Crippen LogP contribution in [0.1, 0.15) is 18.4 Å². The highest BCUT2D eigenvalue weighted by Crippen LogP contribution is 2.17. The van der Waals surface area contributed by atoms with E-state index in [2.05, 4.69) is 21.8 Å². The van der Waals surface area contributed by atoms with E-state index in [1.54, 1.807) is 6.07 Å². The zero-order valence-corrected chi connectivity index (χ0v) is 13.1. The van der Waals surface area contributed by atoms with Gasteiger partial charge in [0, 0.05) is 25.7 Å². The average Bonchev–Trinajstić information content (AvgIpc) is 3.05. The molecule has 2 aromatic rings. The molecule has 1 aromatic carbocycles. The fourth-order valence-corrected chi connectivity index (χ4v) is 3.98. The monoisotopic (exact) mass is 320 g/mol. The van der Waals surface area contributed by atoms with E-state index >= 15 is 0 Å². The van der Waals surface area contributed by atoms with Crippen molar-refractivity contribution in [1.82, 2.24) is 9.62 Å². The Bertz CT molecular complexity index is 675. The summed E-state index contributed by atoms with van der Waals surface area (Å²) in [6.07, 6.45) is 3.00. The first-order chi connectivity index (χ1) is 10.6. The molecule has 0 radical (unpaired) electrons. The second-order valence-corrected chi connectivity index (χ2v) is 7.23. The van der Waals surface area contributed by atoms with E-state index in [1.165, 1.54) is 17.9 Å². The lowest BCUT2D eigenvalue weighted by molar-refractivity contribution is 0.199. The molecule has 6 heteroatoms. The molecule has 0 amide bonds. The van der Waals surface area contributed by atoms with Crippen LogP contribution in [0.15, 0.2) is 58.2 Å². The summed E-state index contributed by atoms with van der Waals surface area (Å²) < 4.78 is 31.9. The Labute approximate surface area is 131 Å². The second kappa shape index (κ2) is 6.64. The largest absolute Gasteiger partial charge is 0.452 e. The van der Waals surface area contributed by atoms with Crippen LogP contribution in [0.25, 0.3) is 0 Å². The number of benzene rings is 1. The van der Waals surface area contributed by atoms with Crippen LogP contribution in [0.5, 0.6) is 0 Å². The number of hydrogen-bond donors (Lipinski definition) is 1. The molecule has 1 aliphatic heterocycles. The normalized spacial score (nSPS) is 17.6. The molecular weight excluding hydrogens is 300 g/mol. The first kappa shape index (κ1) is 15.3. The molecule has 5 nitrogen and oxygen atoms in total. The van der Waals surface area contributed by atoms with Crippen molar-refractivity contribution >= 4 is 10.0 Å². The molecule has 0 atom stereocenters. The molecule has 118 valence electrons. The summed E-state index contributed by atoms with van der Waals surface area (Å²) in [7, 11) is -3.53. The van der Waals surface area contributed by atoms with Gasteiger partial charge in [-0.1, -0.05) is 30.3 Å². The Morgan fingerprint density at radius 2 is 1.82 bits per heavy atom. The van der Waals surface area contributed by atoms with E-state index < -0.39 is 10.0 Å². The van der Waals surface area contributed by atoms with Crippen LogP contribution in [0.3, 0.4) is 0 Å². The number of hydrogen-bond acceptors (Lipinski definition) is 4. The van der Waals surface area contributed by atoms with Crippen molar-refractivity contribution in [2.45, 2.75) is 30.5 Å². The first-order valence-corrected chi connectivity index (χ1v) is 8.94. The molecule has 1 fully saturated rings. The fourth-order valence-electron chi connectivity index (χ4n) is 2.74. The topological polar surface area (TPSA) is 62.6 Å². The highest BCUT2D eigenvalue weighted by molar-refractivity contribution is 7.89. The van der Waals surface area contributed by atoms with E-state index in [-0.39, 0.29) is 11.1 Å². The van der Waals surface area contributed by atoms with E-state index in [4.69, 9.17) is 4.42 Å². The Hall–Kier alpha value is -1.63. The number of sulfonamides is 1. The van der Waals surface area contributed by atoms with Crippen molar-refractivity contribution in [3.63, 3.8) is 0 Å². The summed E-state index contributed by atoms with van der Waals surface area (Å²) in [5, 5.41) is -0.0146. The van der Waals surface area contributed by atoms with Gasteiger partial charge in [-0.05, 0) is 30.5 Å². The molecule has 0 saturated carbocycles. The van der Waals surface area contributed by atoms with Crippen LogP contribution in [0.2, 0.25) is 0 Å². The number of nitrogens with zero attached hydrogens (tertiary/aromatic N) is 1. The van der Waals surface area contributed by atoms with Gasteiger partial charge in [-0.15, -0.1) is 0 Å². The third-order valence-electron chi connectivity index (χ3n) is 3.92. The molecular formula is C16H20N2O3S. The standard InChI is InChI=1S/C16H20N2O3S/c19-22(20,16-7-4-12-21-16)17-15-8-10-18(11-9-15)13-14-5-2-1-3-6-14/h1-7,12,15,17H,8-11,13H2. The van der Waals surface area contributed by atoms with Crippen molar-refractivity contribution in [1.29, 1.82) is 0 Å². The molecule has 22 heavy (non-hydrogen) atoms. The molecule has 1 aromatic heterocycles. The van der Waals surface area contributed by atoms with Crippen LogP contribution >= 0.6 is 0 Å². The van der Waals surface area contributed by atoms with Gasteiger partial charge in [0.05, 0.1) is 6.26 Å². The number of nitrogens with one attached hydrogen (secondary N) is 1. The van der Waals surface area contributed by atoms with Gasteiger partial charge in [0.1, 0.15) is 0 Å². The highest BCUT2D eigenvalue weighted by atomic mass is 32.2. The Morgan fingerprint density at radius 1 is 1.09 bits per heavy atom. The van der Waals surface area contributed by atoms with Gasteiger partial charge in [0.2, 0.25) is 5.09 Å². The predicted octanol–water partition coefficient (Wildman–Crippen LogP) is 2.22. The molecule has 1 aliphatic rings. The number of furan rings is 1. The van der Waals surface area contributed by atoms with Crippen LogP contribution in [-0.2, 0) is 16.6 Å². The van der Waals surface area contributed by atoms with Crippen LogP contribution in [0.4, 0.5) is 0 Å². The Balaban J connectivity index is 1.52. The number of piperidine rings is 1. The average molecular weight is 320 g/mol. The van der Waals surface area contributed by atoms with Gasteiger partial charge < -0.3 is 4.42 Å². The van der Waals surface area contributed by atoms with Crippen LogP contribution < -0.4 is 4.72 Å². The molecule has 1 saturated heterocycles. The van der Waals surface area contributed by atoms with Crippen molar-refractivity contribution in [2.75, 3.05) is 13.1 Å². The van der Waals surface area contributed by atoms with Gasteiger partial charge in [0.15, 0.2) is 0 Å². The minimum Gasteiger partial charge on any atom is -0.452 e. The minimum atomic E-state index is -3.53. The zero-order valence-electron chi connectivity index (χ0n) is 12.3. The van der Waals surface area contributed by atoms with Gasteiger partial charge in [0.25, 0.3) is 10.0 Å². The predicted molar refractivity (Wildman–Crippen MR) is 83.8 cm³/mol. The Kier molecular flexibility index (Phi) is 4.61. The van der Waals surface area contributed by atoms with Gasteiger partial charge >= 0.3 is 0 Å². The molecule has 1 N–H and O–H groups in total. The van der Waals surface area contributed by atoms with Crippen LogP contribution in [0, 0.1) is 0 Å². The van der Waals surface area contributed by atoms with Crippen molar-refractivity contribution in [3.8, 4) is 0 Å². The van der Waals surface area contributed by atoms with Crippen molar-refractivity contribution in [2.24, 2.45) is 0 Å². The molecule has 0 bridgehead atoms. The Morgan fingerprint density at radius 3 is 2.45 bits per heavy atom. The second-order valence-electron chi connectivity index (χ2n) is 5.59. The lowest BCUT2D eigenvalue weighted by Gasteiger charge is -2.32. The molecule has 2 heterocycles. The minimum absolute atomic E-state index is 0.0146. The maximum Gasteiger partial charge on any atom is 0.274 e. The van der Waals surface area contributed by atoms with E-state index in [0.717, 1.165) is 32.5 Å². The lowest BCUT2D eigenvalue weighted by atomic mass is 10.1. The molecule has 0 aliphatic carbocycles. The zero-order chi connectivity index (χ0) is 15.4. The highest BCUT2D eigenvalue weighted by Gasteiger charge is 2.25. The first-order valence-electron chi connectivity index (χ1n) is 7.45. The molecule has 0 unspecified atom stereocenters. The van der Waals surface area contributed by atoms with E-state index in [9.17, 15) is 8.42 Å². The molecule has 3 rings (SSSR count). The lowest BCUT2D eigenvalue weighted by Crippen LogP contribution is -2.44. The van der Waals surface area contributed by atoms with E-state index in [0.29, 0.717) is 0 Å². The fraction of sp³-hybridized carbons (Fsp3) is 0.375. The van der Waals surface area contributed by atoms with Gasteiger partial charge in [-0.3, -0.25) is 4.90 Å². The third kappa shape index (κ3) is 3.76. The SMILES string of the molecule is O=S(=O)(NC1CCN(Cc2ccccc2)CC1)c1ccco1. The van der Waals surface area contributed by atoms with Gasteiger partial charge in [-0.25, -0.2) is 13.1 Å². The maximum atomic E-state index is 12.1. The van der Waals surface area contributed by atoms with E-state index in [1.807, 2.05) is 18.2 Å². The quantitative estimate of drug-likeness (QED) is 0.917. The summed E-state index contributed by atoms with van der Waals surface area (Å²) in [6, 6.07) is 13.3. The summed E-state index contributed by atoms with van der Waals surface area (Å²) in [5.41, 5.74) is 1.29. The van der Waals surface area contributed by atoms with Crippen molar-refractivity contribution in [3.05, 3.63) is 54.3 Å². The summed E-state index contributed by atoms with van der Waals surface area (Å²) in [4.78, 5) is 2.35. The molecule has 0 spiro atoms. The number of rotatable bonds is 5. The summed E-state index contributed by atoms with van der Waals surface area (Å²) in [6.45, 7) is 2.69. The number of likely N-dealkylation sites (tertiary alicyclic amines) is 1. The smallest absolute Gasteiger partial charge is 0.274 e. The van der Waals surface area contributed by atoms with Crippen molar-refractivity contribution < 1.29 is 12.8 Å².